The molecule has 3 heterocycles. The van der Waals surface area contributed by atoms with Crippen LogP contribution in [-0.4, -0.2) is 35.3 Å². The maximum atomic E-state index is 13.5. The molecule has 2 atom stereocenters. The molecule has 0 bridgehead atoms. The maximum Gasteiger partial charge on any atom is 0.170 e. The summed E-state index contributed by atoms with van der Waals surface area (Å²) in [6.45, 7) is 1.15. The van der Waals surface area contributed by atoms with Gasteiger partial charge in [-0.2, -0.15) is 0 Å². The summed E-state index contributed by atoms with van der Waals surface area (Å²) in [6.07, 6.45) is 1.76. The minimum absolute atomic E-state index is 0.156. The zero-order valence-electron chi connectivity index (χ0n) is 15.6. The van der Waals surface area contributed by atoms with Gasteiger partial charge in [-0.05, 0) is 70.6 Å². The fourth-order valence-corrected chi connectivity index (χ4v) is 4.37. The van der Waals surface area contributed by atoms with Gasteiger partial charge in [0.15, 0.2) is 5.11 Å². The quantitative estimate of drug-likeness (QED) is 0.513. The first-order chi connectivity index (χ1) is 14.1. The largest absolute Gasteiger partial charge is 0.459 e. The minimum Gasteiger partial charge on any atom is -0.459 e. The number of hydrogen-bond donors (Lipinski definition) is 1. The molecule has 1 aliphatic rings. The van der Waals surface area contributed by atoms with Gasteiger partial charge in [0.2, 0.25) is 0 Å². The molecule has 0 unspecified atom stereocenters. The molecule has 3 aromatic rings. The first-order valence-corrected chi connectivity index (χ1v) is 10.3. The van der Waals surface area contributed by atoms with E-state index in [4.69, 9.17) is 21.4 Å². The Morgan fingerprint density at radius 3 is 2.86 bits per heavy atom. The molecule has 1 fully saturated rings. The van der Waals surface area contributed by atoms with Crippen LogP contribution >= 0.6 is 28.1 Å². The molecule has 4 rings (SSSR count). The summed E-state index contributed by atoms with van der Waals surface area (Å²) in [4.78, 5) is 6.56. The Kier molecular flexibility index (Phi) is 5.94. The van der Waals surface area contributed by atoms with Gasteiger partial charge < -0.3 is 19.4 Å². The number of pyridine rings is 1. The van der Waals surface area contributed by atoms with Gasteiger partial charge in [0.1, 0.15) is 23.4 Å². The van der Waals surface area contributed by atoms with E-state index in [2.05, 4.69) is 31.1 Å². The van der Waals surface area contributed by atoms with E-state index in [1.54, 1.807) is 19.4 Å². The standard InChI is InChI=1S/C21H19BrFN3O2S/c1-27-11-10-26-20(19(25-21(26)29)16-4-2-3-9-24-16)18-8-7-17(28-18)14-6-5-13(23)12-15(14)22/h2-9,12,19-20H,10-11H2,1H3,(H,25,29)/t19-,20+/m0/s1. The van der Waals surface area contributed by atoms with Crippen molar-refractivity contribution in [2.45, 2.75) is 12.1 Å². The van der Waals surface area contributed by atoms with E-state index in [9.17, 15) is 4.39 Å². The predicted octanol–water partition coefficient (Wildman–Crippen LogP) is 4.86. The van der Waals surface area contributed by atoms with E-state index in [1.807, 2.05) is 30.3 Å². The first kappa shape index (κ1) is 20.0. The molecule has 150 valence electrons. The van der Waals surface area contributed by atoms with Gasteiger partial charge in [-0.25, -0.2) is 4.39 Å². The summed E-state index contributed by atoms with van der Waals surface area (Å²) in [7, 11) is 1.66. The predicted molar refractivity (Wildman–Crippen MR) is 116 cm³/mol. The zero-order valence-corrected chi connectivity index (χ0v) is 18.0. The number of benzene rings is 1. The number of nitrogens with zero attached hydrogens (tertiary/aromatic N) is 2. The highest BCUT2D eigenvalue weighted by molar-refractivity contribution is 9.10. The molecule has 8 heteroatoms. The van der Waals surface area contributed by atoms with Crippen molar-refractivity contribution >= 4 is 33.3 Å². The molecule has 29 heavy (non-hydrogen) atoms. The van der Waals surface area contributed by atoms with Crippen LogP contribution in [0.15, 0.2) is 63.6 Å². The number of hydrogen-bond acceptors (Lipinski definition) is 4. The van der Waals surface area contributed by atoms with Crippen molar-refractivity contribution in [2.75, 3.05) is 20.3 Å². The van der Waals surface area contributed by atoms with Gasteiger partial charge in [-0.3, -0.25) is 4.98 Å². The number of rotatable bonds is 6. The lowest BCUT2D eigenvalue weighted by atomic mass is 10.0. The van der Waals surface area contributed by atoms with Crippen LogP contribution in [-0.2, 0) is 4.74 Å². The molecular weight excluding hydrogens is 457 g/mol. The molecule has 0 amide bonds. The number of halogens is 2. The zero-order chi connectivity index (χ0) is 20.4. The van der Waals surface area contributed by atoms with Gasteiger partial charge in [-0.15, -0.1) is 0 Å². The molecule has 0 spiro atoms. The average Bonchev–Trinajstić information content (AvgIpc) is 3.31. The topological polar surface area (TPSA) is 50.5 Å². The summed E-state index contributed by atoms with van der Waals surface area (Å²) >= 11 is 8.99. The van der Waals surface area contributed by atoms with Crippen molar-refractivity contribution in [1.82, 2.24) is 15.2 Å². The normalized spacial score (nSPS) is 18.9. The molecule has 5 nitrogen and oxygen atoms in total. The molecule has 1 N–H and O–H groups in total. The van der Waals surface area contributed by atoms with Crippen molar-refractivity contribution in [3.05, 3.63) is 76.5 Å². The van der Waals surface area contributed by atoms with Crippen molar-refractivity contribution < 1.29 is 13.5 Å². The van der Waals surface area contributed by atoms with Crippen LogP contribution in [0.3, 0.4) is 0 Å². The highest BCUT2D eigenvalue weighted by atomic mass is 79.9. The third kappa shape index (κ3) is 4.05. The van der Waals surface area contributed by atoms with Crippen LogP contribution in [0.2, 0.25) is 0 Å². The van der Waals surface area contributed by atoms with E-state index in [0.29, 0.717) is 28.5 Å². The van der Waals surface area contributed by atoms with Crippen LogP contribution in [0.25, 0.3) is 11.3 Å². The van der Waals surface area contributed by atoms with Gasteiger partial charge >= 0.3 is 0 Å². The van der Waals surface area contributed by atoms with E-state index in [1.165, 1.54) is 12.1 Å². The molecule has 1 saturated heterocycles. The third-order valence-electron chi connectivity index (χ3n) is 4.85. The molecule has 0 radical (unpaired) electrons. The number of nitrogens with one attached hydrogen (secondary N) is 1. The highest BCUT2D eigenvalue weighted by Crippen LogP contribution is 2.41. The van der Waals surface area contributed by atoms with Crippen molar-refractivity contribution in [1.29, 1.82) is 0 Å². The second kappa shape index (κ2) is 8.61. The SMILES string of the molecule is COCCN1C(=S)N[C@@H](c2ccccn2)[C@H]1c1ccc(-c2ccc(F)cc2Br)o1. The summed E-state index contributed by atoms with van der Waals surface area (Å²) in [5, 5.41) is 3.99. The van der Waals surface area contributed by atoms with Crippen molar-refractivity contribution in [3.63, 3.8) is 0 Å². The number of ether oxygens (including phenoxy) is 1. The summed E-state index contributed by atoms with van der Waals surface area (Å²) in [5.41, 5.74) is 1.66. The first-order valence-electron chi connectivity index (χ1n) is 9.10. The van der Waals surface area contributed by atoms with Crippen LogP contribution in [0, 0.1) is 5.82 Å². The van der Waals surface area contributed by atoms with Crippen molar-refractivity contribution in [2.24, 2.45) is 0 Å². The maximum absolute atomic E-state index is 13.5. The molecular formula is C21H19BrFN3O2S. The molecule has 1 aromatic carbocycles. The lowest BCUT2D eigenvalue weighted by Crippen LogP contribution is -2.32. The van der Waals surface area contributed by atoms with Gasteiger partial charge in [0.25, 0.3) is 0 Å². The number of methoxy groups -OCH3 is 1. The van der Waals surface area contributed by atoms with Gasteiger partial charge in [-0.1, -0.05) is 6.07 Å². The van der Waals surface area contributed by atoms with E-state index >= 15 is 0 Å². The second-order valence-corrected chi connectivity index (χ2v) is 7.88. The number of thiocarbonyl (C=S) groups is 1. The number of aromatic nitrogens is 1. The monoisotopic (exact) mass is 475 g/mol. The third-order valence-corrected chi connectivity index (χ3v) is 5.86. The van der Waals surface area contributed by atoms with Crippen LogP contribution in [0.4, 0.5) is 4.39 Å². The fraction of sp³-hybridized carbons (Fsp3) is 0.238. The van der Waals surface area contributed by atoms with Crippen molar-refractivity contribution in [3.8, 4) is 11.3 Å². The average molecular weight is 476 g/mol. The summed E-state index contributed by atoms with van der Waals surface area (Å²) < 4.78 is 25.6. The molecule has 0 saturated carbocycles. The Labute approximate surface area is 182 Å². The highest BCUT2D eigenvalue weighted by Gasteiger charge is 2.41. The summed E-state index contributed by atoms with van der Waals surface area (Å²) in [5.74, 6) is 1.09. The van der Waals surface area contributed by atoms with Crippen LogP contribution in [0.1, 0.15) is 23.5 Å². The Bertz CT molecular complexity index is 1010. The van der Waals surface area contributed by atoms with Crippen LogP contribution in [0.5, 0.6) is 0 Å². The summed E-state index contributed by atoms with van der Waals surface area (Å²) in [6, 6.07) is 13.8. The smallest absolute Gasteiger partial charge is 0.170 e. The number of furan rings is 1. The van der Waals surface area contributed by atoms with E-state index < -0.39 is 0 Å². The van der Waals surface area contributed by atoms with Crippen LogP contribution < -0.4 is 5.32 Å². The Morgan fingerprint density at radius 2 is 2.14 bits per heavy atom. The minimum atomic E-state index is -0.307. The molecule has 0 aliphatic carbocycles. The Morgan fingerprint density at radius 1 is 1.28 bits per heavy atom. The lowest BCUT2D eigenvalue weighted by Gasteiger charge is -2.25. The second-order valence-electron chi connectivity index (χ2n) is 6.64. The Hall–Kier alpha value is -2.29. The van der Waals surface area contributed by atoms with E-state index in [-0.39, 0.29) is 17.9 Å². The Balaban J connectivity index is 1.72. The fourth-order valence-electron chi connectivity index (χ4n) is 3.49. The van der Waals surface area contributed by atoms with Gasteiger partial charge in [0, 0.05) is 29.9 Å². The van der Waals surface area contributed by atoms with Gasteiger partial charge in [0.05, 0.1) is 18.3 Å². The lowest BCUT2D eigenvalue weighted by molar-refractivity contribution is 0.158. The molecule has 1 aliphatic heterocycles. The van der Waals surface area contributed by atoms with E-state index in [0.717, 1.165) is 17.0 Å². The molecule has 2 aromatic heterocycles.